The predicted octanol–water partition coefficient (Wildman–Crippen LogP) is 2.99. The minimum atomic E-state index is -0.0864. The zero-order chi connectivity index (χ0) is 15.8. The van der Waals surface area contributed by atoms with Gasteiger partial charge in [-0.1, -0.05) is 30.3 Å². The number of nitrogens with zero attached hydrogens (tertiary/aromatic N) is 3. The number of fused-ring (bicyclic) bond motifs is 1. The average molecular weight is 308 g/mol. The highest BCUT2D eigenvalue weighted by molar-refractivity contribution is 5.86. The fourth-order valence-corrected chi connectivity index (χ4v) is 3.36. The third kappa shape index (κ3) is 2.42. The van der Waals surface area contributed by atoms with E-state index >= 15 is 0 Å². The van der Waals surface area contributed by atoms with Crippen LogP contribution in [0.1, 0.15) is 25.0 Å². The molecule has 2 aromatic heterocycles. The molecule has 1 saturated heterocycles. The van der Waals surface area contributed by atoms with E-state index in [0.717, 1.165) is 41.4 Å². The SMILES string of the molecule is Cc1cc(=O)n2nc(-c3ccccc3)c(N3CCCCC3)c2[nH]1. The average Bonchev–Trinajstić information content (AvgIpc) is 2.96. The number of rotatable bonds is 2. The molecule has 3 aromatic rings. The molecule has 1 fully saturated rings. The van der Waals surface area contributed by atoms with Crippen molar-refractivity contribution in [1.82, 2.24) is 14.6 Å². The summed E-state index contributed by atoms with van der Waals surface area (Å²) < 4.78 is 1.50. The van der Waals surface area contributed by atoms with Crippen LogP contribution in [0.5, 0.6) is 0 Å². The highest BCUT2D eigenvalue weighted by Gasteiger charge is 2.23. The molecule has 0 aliphatic carbocycles. The summed E-state index contributed by atoms with van der Waals surface area (Å²) in [5.74, 6) is 0. The third-order valence-electron chi connectivity index (χ3n) is 4.44. The minimum Gasteiger partial charge on any atom is -0.367 e. The first kappa shape index (κ1) is 14.1. The van der Waals surface area contributed by atoms with Crippen LogP contribution in [0, 0.1) is 6.92 Å². The van der Waals surface area contributed by atoms with Gasteiger partial charge in [0.15, 0.2) is 5.65 Å². The maximum Gasteiger partial charge on any atom is 0.274 e. The van der Waals surface area contributed by atoms with E-state index in [0.29, 0.717) is 0 Å². The summed E-state index contributed by atoms with van der Waals surface area (Å²) in [7, 11) is 0. The molecular weight excluding hydrogens is 288 g/mol. The van der Waals surface area contributed by atoms with Crippen LogP contribution in [0.15, 0.2) is 41.2 Å². The summed E-state index contributed by atoms with van der Waals surface area (Å²) in [5, 5.41) is 4.63. The molecule has 118 valence electrons. The fourth-order valence-electron chi connectivity index (χ4n) is 3.36. The molecule has 1 aliphatic rings. The quantitative estimate of drug-likeness (QED) is 0.792. The van der Waals surface area contributed by atoms with E-state index in [2.05, 4.69) is 15.0 Å². The summed E-state index contributed by atoms with van der Waals surface area (Å²) in [4.78, 5) is 18.1. The summed E-state index contributed by atoms with van der Waals surface area (Å²) in [6.45, 7) is 3.94. The molecule has 0 atom stereocenters. The molecular formula is C18H20N4O. The second kappa shape index (κ2) is 5.57. The summed E-state index contributed by atoms with van der Waals surface area (Å²) in [6, 6.07) is 11.7. The van der Waals surface area contributed by atoms with Crippen LogP contribution in [0.3, 0.4) is 0 Å². The van der Waals surface area contributed by atoms with Gasteiger partial charge in [0.1, 0.15) is 11.4 Å². The number of hydrogen-bond acceptors (Lipinski definition) is 3. The van der Waals surface area contributed by atoms with E-state index in [-0.39, 0.29) is 5.56 Å². The van der Waals surface area contributed by atoms with Gasteiger partial charge in [0.05, 0.1) is 0 Å². The van der Waals surface area contributed by atoms with Crippen molar-refractivity contribution in [2.75, 3.05) is 18.0 Å². The van der Waals surface area contributed by atoms with Crippen LogP contribution in [0.25, 0.3) is 16.9 Å². The molecule has 5 nitrogen and oxygen atoms in total. The number of aromatic nitrogens is 3. The molecule has 3 heterocycles. The van der Waals surface area contributed by atoms with Gasteiger partial charge in [-0.2, -0.15) is 9.61 Å². The lowest BCUT2D eigenvalue weighted by Crippen LogP contribution is -2.30. The highest BCUT2D eigenvalue weighted by atomic mass is 16.1. The Morgan fingerprint density at radius 1 is 1.09 bits per heavy atom. The van der Waals surface area contributed by atoms with Crippen molar-refractivity contribution in [2.24, 2.45) is 0 Å². The molecule has 0 spiro atoms. The Morgan fingerprint density at radius 3 is 2.57 bits per heavy atom. The number of piperidine rings is 1. The van der Waals surface area contributed by atoms with Gasteiger partial charge in [-0.15, -0.1) is 0 Å². The fraction of sp³-hybridized carbons (Fsp3) is 0.333. The molecule has 1 aromatic carbocycles. The molecule has 0 radical (unpaired) electrons. The Bertz CT molecular complexity index is 889. The van der Waals surface area contributed by atoms with E-state index in [1.54, 1.807) is 6.07 Å². The second-order valence-corrected chi connectivity index (χ2v) is 6.16. The topological polar surface area (TPSA) is 53.4 Å². The van der Waals surface area contributed by atoms with Gasteiger partial charge in [0, 0.05) is 30.4 Å². The van der Waals surface area contributed by atoms with Gasteiger partial charge >= 0.3 is 0 Å². The van der Waals surface area contributed by atoms with Gasteiger partial charge < -0.3 is 9.88 Å². The van der Waals surface area contributed by atoms with E-state index in [1.807, 2.05) is 37.3 Å². The summed E-state index contributed by atoms with van der Waals surface area (Å²) in [5.41, 5.74) is 4.55. The van der Waals surface area contributed by atoms with Crippen LogP contribution in [0.4, 0.5) is 5.69 Å². The van der Waals surface area contributed by atoms with E-state index < -0.39 is 0 Å². The van der Waals surface area contributed by atoms with Crippen LogP contribution in [-0.2, 0) is 0 Å². The van der Waals surface area contributed by atoms with Crippen molar-refractivity contribution >= 4 is 11.3 Å². The first-order valence-corrected chi connectivity index (χ1v) is 8.17. The molecule has 23 heavy (non-hydrogen) atoms. The smallest absolute Gasteiger partial charge is 0.274 e. The molecule has 5 heteroatoms. The third-order valence-corrected chi connectivity index (χ3v) is 4.44. The van der Waals surface area contributed by atoms with Gasteiger partial charge in [-0.25, -0.2) is 0 Å². The number of anilines is 1. The maximum absolute atomic E-state index is 12.3. The van der Waals surface area contributed by atoms with Gasteiger partial charge in [0.2, 0.25) is 0 Å². The first-order valence-electron chi connectivity index (χ1n) is 8.17. The largest absolute Gasteiger partial charge is 0.367 e. The van der Waals surface area contributed by atoms with Crippen molar-refractivity contribution in [3.05, 3.63) is 52.4 Å². The Balaban J connectivity index is 2.00. The normalized spacial score (nSPS) is 15.3. The van der Waals surface area contributed by atoms with E-state index in [4.69, 9.17) is 0 Å². The number of aryl methyl sites for hydroxylation is 1. The molecule has 0 bridgehead atoms. The Kier molecular flexibility index (Phi) is 3.41. The van der Waals surface area contributed by atoms with Crippen LogP contribution in [0.2, 0.25) is 0 Å². The van der Waals surface area contributed by atoms with Crippen molar-refractivity contribution in [3.8, 4) is 11.3 Å². The van der Waals surface area contributed by atoms with Crippen LogP contribution < -0.4 is 10.5 Å². The molecule has 1 N–H and O–H groups in total. The lowest BCUT2D eigenvalue weighted by atomic mass is 10.1. The van der Waals surface area contributed by atoms with Crippen LogP contribution in [-0.4, -0.2) is 27.7 Å². The Morgan fingerprint density at radius 2 is 1.83 bits per heavy atom. The van der Waals surface area contributed by atoms with Crippen molar-refractivity contribution < 1.29 is 0 Å². The molecule has 0 unspecified atom stereocenters. The van der Waals surface area contributed by atoms with E-state index in [1.165, 1.54) is 23.8 Å². The summed E-state index contributed by atoms with van der Waals surface area (Å²) >= 11 is 0. The standard InChI is InChI=1S/C18H20N4O/c1-13-12-15(23)22-18(19-13)17(21-10-6-3-7-11-21)16(20-22)14-8-4-2-5-9-14/h2,4-5,8-9,12,19H,3,6-7,10-11H2,1H3. The molecule has 0 saturated carbocycles. The molecule has 0 amide bonds. The Hall–Kier alpha value is -2.56. The second-order valence-electron chi connectivity index (χ2n) is 6.16. The van der Waals surface area contributed by atoms with Gasteiger partial charge in [0.25, 0.3) is 5.56 Å². The number of aromatic amines is 1. The zero-order valence-electron chi connectivity index (χ0n) is 13.2. The zero-order valence-corrected chi connectivity index (χ0v) is 13.2. The molecule has 4 rings (SSSR count). The lowest BCUT2D eigenvalue weighted by Gasteiger charge is -2.28. The van der Waals surface area contributed by atoms with Gasteiger partial charge in [-0.05, 0) is 26.2 Å². The number of nitrogens with one attached hydrogen (secondary N) is 1. The number of H-pyrrole nitrogens is 1. The minimum absolute atomic E-state index is 0.0864. The predicted molar refractivity (Wildman–Crippen MR) is 92.0 cm³/mol. The monoisotopic (exact) mass is 308 g/mol. The maximum atomic E-state index is 12.3. The molecule has 1 aliphatic heterocycles. The van der Waals surface area contributed by atoms with Crippen molar-refractivity contribution in [3.63, 3.8) is 0 Å². The van der Waals surface area contributed by atoms with E-state index in [9.17, 15) is 4.79 Å². The first-order chi connectivity index (χ1) is 11.2. The van der Waals surface area contributed by atoms with Crippen molar-refractivity contribution in [1.29, 1.82) is 0 Å². The van der Waals surface area contributed by atoms with Crippen molar-refractivity contribution in [2.45, 2.75) is 26.2 Å². The Labute approximate surface area is 134 Å². The number of hydrogen-bond donors (Lipinski definition) is 1. The number of benzene rings is 1. The highest BCUT2D eigenvalue weighted by Crippen LogP contribution is 2.34. The van der Waals surface area contributed by atoms with Gasteiger partial charge in [-0.3, -0.25) is 4.79 Å². The van der Waals surface area contributed by atoms with Crippen LogP contribution >= 0.6 is 0 Å². The lowest BCUT2D eigenvalue weighted by molar-refractivity contribution is 0.579. The summed E-state index contributed by atoms with van der Waals surface area (Å²) in [6.07, 6.45) is 3.63.